The van der Waals surface area contributed by atoms with Gasteiger partial charge < -0.3 is 10.1 Å². The third-order valence-electron chi connectivity index (χ3n) is 5.95. The van der Waals surface area contributed by atoms with Gasteiger partial charge in [-0.15, -0.1) is 10.2 Å². The van der Waals surface area contributed by atoms with Gasteiger partial charge in [0, 0.05) is 18.8 Å². The van der Waals surface area contributed by atoms with Gasteiger partial charge in [-0.3, -0.25) is 9.36 Å². The van der Waals surface area contributed by atoms with Crippen LogP contribution in [-0.4, -0.2) is 39.1 Å². The second kappa shape index (κ2) is 10.2. The van der Waals surface area contributed by atoms with E-state index in [-0.39, 0.29) is 18.6 Å². The number of alkyl halides is 3. The Balaban J connectivity index is 1.53. The molecular weight excluding hydrogens is 441 g/mol. The molecular formula is C22H27F3N4O2S. The molecule has 1 aliphatic heterocycles. The summed E-state index contributed by atoms with van der Waals surface area (Å²) in [5.74, 6) is 1.39. The summed E-state index contributed by atoms with van der Waals surface area (Å²) in [4.78, 5) is 12.4. The summed E-state index contributed by atoms with van der Waals surface area (Å²) in [7, 11) is 0. The molecule has 2 fully saturated rings. The van der Waals surface area contributed by atoms with Gasteiger partial charge in [-0.05, 0) is 49.8 Å². The van der Waals surface area contributed by atoms with Crippen molar-refractivity contribution >= 4 is 17.7 Å². The Morgan fingerprint density at radius 1 is 1.19 bits per heavy atom. The van der Waals surface area contributed by atoms with Gasteiger partial charge in [0.1, 0.15) is 0 Å². The van der Waals surface area contributed by atoms with Crippen molar-refractivity contribution in [1.29, 1.82) is 0 Å². The zero-order valence-electron chi connectivity index (χ0n) is 17.7. The number of nitrogens with one attached hydrogen (secondary N) is 1. The van der Waals surface area contributed by atoms with E-state index in [0.29, 0.717) is 34.8 Å². The van der Waals surface area contributed by atoms with Crippen molar-refractivity contribution in [2.45, 2.75) is 68.9 Å². The van der Waals surface area contributed by atoms with Crippen LogP contribution < -0.4 is 5.32 Å². The van der Waals surface area contributed by atoms with E-state index in [0.717, 1.165) is 57.3 Å². The number of carbonyl (C=O) groups is 1. The molecule has 32 heavy (non-hydrogen) atoms. The molecule has 4 rings (SSSR count). The minimum Gasteiger partial charge on any atom is -0.377 e. The summed E-state index contributed by atoms with van der Waals surface area (Å²) in [5.41, 5.74) is -0.422. The quantitative estimate of drug-likeness (QED) is 0.566. The van der Waals surface area contributed by atoms with E-state index in [4.69, 9.17) is 4.74 Å². The van der Waals surface area contributed by atoms with Gasteiger partial charge in [-0.2, -0.15) is 13.2 Å². The zero-order chi connectivity index (χ0) is 22.6. The maximum atomic E-state index is 13.3. The lowest BCUT2D eigenvalue weighted by Gasteiger charge is -2.15. The number of hydrogen-bond acceptors (Lipinski definition) is 5. The Labute approximate surface area is 189 Å². The highest BCUT2D eigenvalue weighted by Crippen LogP contribution is 2.32. The van der Waals surface area contributed by atoms with Gasteiger partial charge in [-0.25, -0.2) is 0 Å². The maximum Gasteiger partial charge on any atom is 0.416 e. The van der Waals surface area contributed by atoms with E-state index >= 15 is 0 Å². The fraction of sp³-hybridized carbons (Fsp3) is 0.591. The van der Waals surface area contributed by atoms with Crippen LogP contribution >= 0.6 is 11.8 Å². The lowest BCUT2D eigenvalue weighted by molar-refractivity contribution is -0.137. The van der Waals surface area contributed by atoms with Gasteiger partial charge >= 0.3 is 6.18 Å². The predicted octanol–water partition coefficient (Wildman–Crippen LogP) is 4.75. The Bertz CT molecular complexity index is 922. The van der Waals surface area contributed by atoms with Crippen LogP contribution in [-0.2, 0) is 22.3 Å². The van der Waals surface area contributed by atoms with E-state index in [2.05, 4.69) is 15.5 Å². The summed E-state index contributed by atoms with van der Waals surface area (Å²) in [6, 6.07) is 5.09. The van der Waals surface area contributed by atoms with Gasteiger partial charge in [0.15, 0.2) is 11.0 Å². The van der Waals surface area contributed by atoms with Crippen LogP contribution in [0.5, 0.6) is 0 Å². The minimum atomic E-state index is -4.45. The number of rotatable bonds is 8. The first kappa shape index (κ1) is 23.1. The molecule has 2 aliphatic rings. The molecule has 1 amide bonds. The van der Waals surface area contributed by atoms with E-state index in [1.807, 2.05) is 0 Å². The first-order chi connectivity index (χ1) is 15.4. The number of nitrogens with zero attached hydrogens (tertiary/aromatic N) is 3. The molecule has 1 aliphatic carbocycles. The Hall–Kier alpha value is -2.07. The molecule has 10 heteroatoms. The van der Waals surface area contributed by atoms with E-state index in [1.54, 1.807) is 10.6 Å². The smallest absolute Gasteiger partial charge is 0.377 e. The molecule has 1 atom stereocenters. The van der Waals surface area contributed by atoms with E-state index in [1.165, 1.54) is 17.8 Å². The Morgan fingerprint density at radius 2 is 2.00 bits per heavy atom. The van der Waals surface area contributed by atoms with Gasteiger partial charge in [0.25, 0.3) is 0 Å². The standard InChI is InChI=1S/C22H27F3N4O2S/c23-22(24,25)16-7-3-8-17(12-16)29-19(13-26-20(30)11-15-5-1-2-6-15)27-28-21(29)32-14-18-9-4-10-31-18/h3,7-8,12,15,18H,1-2,4-6,9-11,13-14H2,(H,26,30)/t18-/m1/s1. The monoisotopic (exact) mass is 468 g/mol. The number of aromatic nitrogens is 3. The topological polar surface area (TPSA) is 69.0 Å². The molecule has 2 heterocycles. The fourth-order valence-corrected chi connectivity index (χ4v) is 5.30. The predicted molar refractivity (Wildman–Crippen MR) is 114 cm³/mol. The molecule has 0 unspecified atom stereocenters. The van der Waals surface area contributed by atoms with E-state index < -0.39 is 11.7 Å². The molecule has 0 bridgehead atoms. The van der Waals surface area contributed by atoms with Crippen molar-refractivity contribution in [3.05, 3.63) is 35.7 Å². The highest BCUT2D eigenvalue weighted by molar-refractivity contribution is 7.99. The van der Waals surface area contributed by atoms with Crippen LogP contribution in [0.2, 0.25) is 0 Å². The minimum absolute atomic E-state index is 0.0657. The molecule has 1 aromatic carbocycles. The van der Waals surface area contributed by atoms with E-state index in [9.17, 15) is 18.0 Å². The summed E-state index contributed by atoms with van der Waals surface area (Å²) in [5, 5.41) is 11.8. The van der Waals surface area contributed by atoms with Crippen molar-refractivity contribution < 1.29 is 22.7 Å². The Kier molecular flexibility index (Phi) is 7.40. The van der Waals surface area contributed by atoms with Crippen LogP contribution in [0, 0.1) is 5.92 Å². The van der Waals surface area contributed by atoms with Crippen LogP contribution in [0.25, 0.3) is 5.69 Å². The van der Waals surface area contributed by atoms with Crippen LogP contribution in [0.3, 0.4) is 0 Å². The second-order valence-corrected chi connectivity index (χ2v) is 9.35. The first-order valence-electron chi connectivity index (χ1n) is 11.0. The van der Waals surface area contributed by atoms with Gasteiger partial charge in [-0.1, -0.05) is 30.7 Å². The van der Waals surface area contributed by atoms with Crippen LogP contribution in [0.4, 0.5) is 13.2 Å². The SMILES string of the molecule is O=C(CC1CCCC1)NCc1nnc(SC[C@H]2CCCO2)n1-c1cccc(C(F)(F)F)c1. The number of hydrogen-bond donors (Lipinski definition) is 1. The zero-order valence-corrected chi connectivity index (χ0v) is 18.6. The van der Waals surface area contributed by atoms with Crippen LogP contribution in [0.1, 0.15) is 56.3 Å². The molecule has 6 nitrogen and oxygen atoms in total. The largest absolute Gasteiger partial charge is 0.416 e. The Morgan fingerprint density at radius 3 is 2.72 bits per heavy atom. The highest BCUT2D eigenvalue weighted by Gasteiger charge is 2.31. The number of carbonyl (C=O) groups excluding carboxylic acids is 1. The maximum absolute atomic E-state index is 13.3. The third kappa shape index (κ3) is 5.83. The molecule has 0 radical (unpaired) electrons. The average molecular weight is 469 g/mol. The highest BCUT2D eigenvalue weighted by atomic mass is 32.2. The van der Waals surface area contributed by atoms with Crippen molar-refractivity contribution in [3.8, 4) is 5.69 Å². The molecule has 174 valence electrons. The number of halogens is 3. The van der Waals surface area contributed by atoms with Crippen molar-refractivity contribution in [1.82, 2.24) is 20.1 Å². The summed E-state index contributed by atoms with van der Waals surface area (Å²) in [6.45, 7) is 0.832. The first-order valence-corrected chi connectivity index (χ1v) is 12.0. The van der Waals surface area contributed by atoms with Crippen molar-refractivity contribution in [3.63, 3.8) is 0 Å². The second-order valence-electron chi connectivity index (χ2n) is 8.36. The number of ether oxygens (including phenoxy) is 1. The summed E-state index contributed by atoms with van der Waals surface area (Å²) < 4.78 is 47.1. The van der Waals surface area contributed by atoms with Gasteiger partial charge in [0.2, 0.25) is 5.91 Å². The van der Waals surface area contributed by atoms with Crippen LogP contribution in [0.15, 0.2) is 29.4 Å². The molecule has 1 saturated heterocycles. The van der Waals surface area contributed by atoms with Gasteiger partial charge in [0.05, 0.1) is 23.9 Å². The average Bonchev–Trinajstić information content (AvgIpc) is 3.52. The normalized spacial score (nSPS) is 19.5. The third-order valence-corrected chi connectivity index (χ3v) is 7.01. The molecule has 1 aromatic heterocycles. The molecule has 1 N–H and O–H groups in total. The molecule has 1 saturated carbocycles. The molecule has 0 spiro atoms. The lowest BCUT2D eigenvalue weighted by Crippen LogP contribution is -2.26. The summed E-state index contributed by atoms with van der Waals surface area (Å²) >= 11 is 1.40. The number of thioether (sulfide) groups is 1. The lowest BCUT2D eigenvalue weighted by atomic mass is 10.0. The van der Waals surface area contributed by atoms with Crippen molar-refractivity contribution in [2.75, 3.05) is 12.4 Å². The molecule has 2 aromatic rings. The number of amides is 1. The fourth-order valence-electron chi connectivity index (χ4n) is 4.26. The summed E-state index contributed by atoms with van der Waals surface area (Å²) in [6.07, 6.45) is 2.53. The van der Waals surface area contributed by atoms with Crippen molar-refractivity contribution in [2.24, 2.45) is 5.92 Å². The number of benzene rings is 1.